The van der Waals surface area contributed by atoms with Gasteiger partial charge in [0.05, 0.1) is 6.54 Å². The van der Waals surface area contributed by atoms with Crippen LogP contribution in [0.15, 0.2) is 9.52 Å². The van der Waals surface area contributed by atoms with Crippen molar-refractivity contribution in [2.24, 2.45) is 4.99 Å². The Labute approximate surface area is 148 Å². The van der Waals surface area contributed by atoms with Gasteiger partial charge in [-0.25, -0.2) is 0 Å². The van der Waals surface area contributed by atoms with Gasteiger partial charge in [0.2, 0.25) is 5.89 Å². The lowest BCUT2D eigenvalue weighted by Crippen LogP contribution is -2.44. The Kier molecular flexibility index (Phi) is 6.01. The molecule has 0 radical (unpaired) electrons. The van der Waals surface area contributed by atoms with Crippen LogP contribution in [0.1, 0.15) is 37.9 Å². The van der Waals surface area contributed by atoms with E-state index in [2.05, 4.69) is 37.6 Å². The van der Waals surface area contributed by atoms with Crippen LogP contribution < -0.4 is 10.6 Å². The smallest absolute Gasteiger partial charge is 0.223 e. The summed E-state index contributed by atoms with van der Waals surface area (Å²) in [5.41, 5.74) is 0. The molecule has 124 valence electrons. The first-order valence-corrected chi connectivity index (χ1v) is 7.68. The van der Waals surface area contributed by atoms with Crippen LogP contribution in [0, 0.1) is 6.92 Å². The van der Waals surface area contributed by atoms with E-state index in [0.29, 0.717) is 30.3 Å². The minimum absolute atomic E-state index is 0. The number of halogens is 1. The predicted molar refractivity (Wildman–Crippen MR) is 95.4 cm³/mol. The summed E-state index contributed by atoms with van der Waals surface area (Å²) in [6.07, 6.45) is 3.89. The molecule has 2 heterocycles. The summed E-state index contributed by atoms with van der Waals surface area (Å²) in [5, 5.41) is 10.6. The molecule has 0 spiro atoms. The van der Waals surface area contributed by atoms with Crippen molar-refractivity contribution in [2.75, 3.05) is 13.6 Å². The molecule has 22 heavy (non-hydrogen) atoms. The number of hydrogen-bond donors (Lipinski definition) is 2. The third kappa shape index (κ3) is 4.31. The van der Waals surface area contributed by atoms with Gasteiger partial charge in [0.15, 0.2) is 11.8 Å². The highest BCUT2D eigenvalue weighted by Crippen LogP contribution is 2.33. The molecule has 1 saturated heterocycles. The normalized spacial score (nSPS) is 25.9. The molecule has 1 aromatic heterocycles. The Morgan fingerprint density at radius 1 is 1.45 bits per heavy atom. The molecule has 2 fully saturated rings. The maximum Gasteiger partial charge on any atom is 0.223 e. The summed E-state index contributed by atoms with van der Waals surface area (Å²) in [4.78, 5) is 11.1. The van der Waals surface area contributed by atoms with Crippen molar-refractivity contribution >= 4 is 29.9 Å². The maximum atomic E-state index is 4.96. The molecule has 2 aliphatic rings. The third-order valence-electron chi connectivity index (χ3n) is 4.19. The molecule has 2 atom stereocenters. The first-order chi connectivity index (χ1) is 10.2. The van der Waals surface area contributed by atoms with Gasteiger partial charge >= 0.3 is 0 Å². The van der Waals surface area contributed by atoms with Gasteiger partial charge in [-0.15, -0.1) is 24.0 Å². The van der Waals surface area contributed by atoms with E-state index < -0.39 is 0 Å². The fraction of sp³-hybridized carbons (Fsp3) is 0.786. The van der Waals surface area contributed by atoms with Gasteiger partial charge in [-0.05, 0) is 26.2 Å². The number of aliphatic imine (C=N–C) groups is 1. The van der Waals surface area contributed by atoms with Gasteiger partial charge in [0.1, 0.15) is 0 Å². The van der Waals surface area contributed by atoms with Crippen molar-refractivity contribution in [1.82, 2.24) is 25.7 Å². The maximum absolute atomic E-state index is 4.96. The van der Waals surface area contributed by atoms with Crippen molar-refractivity contribution in [3.8, 4) is 0 Å². The zero-order chi connectivity index (χ0) is 14.8. The van der Waals surface area contributed by atoms with E-state index in [1.54, 1.807) is 14.0 Å². The average molecular weight is 420 g/mol. The van der Waals surface area contributed by atoms with Crippen LogP contribution >= 0.6 is 24.0 Å². The molecule has 1 aromatic rings. The second kappa shape index (κ2) is 7.58. The van der Waals surface area contributed by atoms with Gasteiger partial charge in [-0.3, -0.25) is 9.89 Å². The Hall–Kier alpha value is -0.900. The molecule has 0 amide bonds. The van der Waals surface area contributed by atoms with Gasteiger partial charge < -0.3 is 15.2 Å². The van der Waals surface area contributed by atoms with E-state index >= 15 is 0 Å². The van der Waals surface area contributed by atoms with Gasteiger partial charge in [-0.1, -0.05) is 5.16 Å². The van der Waals surface area contributed by atoms with Crippen molar-refractivity contribution in [1.29, 1.82) is 0 Å². The average Bonchev–Trinajstić information content (AvgIpc) is 3.12. The van der Waals surface area contributed by atoms with Crippen molar-refractivity contribution in [3.63, 3.8) is 0 Å². The lowest BCUT2D eigenvalue weighted by molar-refractivity contribution is 0.256. The number of aryl methyl sites for hydroxylation is 1. The van der Waals surface area contributed by atoms with E-state index in [1.165, 1.54) is 19.3 Å². The molecule has 8 heteroatoms. The first-order valence-electron chi connectivity index (χ1n) is 7.68. The molecule has 3 rings (SSSR count). The number of nitrogens with zero attached hydrogens (tertiary/aromatic N) is 4. The fourth-order valence-corrected chi connectivity index (χ4v) is 3.04. The topological polar surface area (TPSA) is 78.6 Å². The SMILES string of the molecule is CN=C(NCc1noc(C)n1)NC1CC(C)N(C2CC2)C1.I. The van der Waals surface area contributed by atoms with Crippen molar-refractivity contribution < 1.29 is 4.52 Å². The number of likely N-dealkylation sites (tertiary alicyclic amines) is 1. The molecule has 7 nitrogen and oxygen atoms in total. The van der Waals surface area contributed by atoms with Crippen LogP contribution in [-0.2, 0) is 6.54 Å². The number of aromatic nitrogens is 2. The minimum atomic E-state index is 0. The first kappa shape index (κ1) is 17.5. The molecular weight excluding hydrogens is 395 g/mol. The van der Waals surface area contributed by atoms with E-state index in [9.17, 15) is 0 Å². The second-order valence-electron chi connectivity index (χ2n) is 6.01. The van der Waals surface area contributed by atoms with E-state index in [-0.39, 0.29) is 24.0 Å². The lowest BCUT2D eigenvalue weighted by Gasteiger charge is -2.20. The van der Waals surface area contributed by atoms with Gasteiger partial charge in [0.25, 0.3) is 0 Å². The monoisotopic (exact) mass is 420 g/mol. The van der Waals surface area contributed by atoms with Crippen LogP contribution in [0.4, 0.5) is 0 Å². The highest BCUT2D eigenvalue weighted by atomic mass is 127. The Morgan fingerprint density at radius 2 is 2.23 bits per heavy atom. The molecule has 2 N–H and O–H groups in total. The molecule has 1 aliphatic heterocycles. The summed E-state index contributed by atoms with van der Waals surface area (Å²) in [5.74, 6) is 2.03. The molecular formula is C14H25IN6O. The lowest BCUT2D eigenvalue weighted by atomic mass is 10.2. The number of hydrogen-bond acceptors (Lipinski definition) is 5. The molecule has 0 aromatic carbocycles. The zero-order valence-electron chi connectivity index (χ0n) is 13.4. The summed E-state index contributed by atoms with van der Waals surface area (Å²) < 4.78 is 4.96. The fourth-order valence-electron chi connectivity index (χ4n) is 3.04. The highest BCUT2D eigenvalue weighted by molar-refractivity contribution is 14.0. The molecule has 0 bridgehead atoms. The van der Waals surface area contributed by atoms with E-state index in [1.807, 2.05) is 0 Å². The molecule has 1 aliphatic carbocycles. The zero-order valence-corrected chi connectivity index (χ0v) is 15.7. The van der Waals surface area contributed by atoms with E-state index in [4.69, 9.17) is 4.52 Å². The van der Waals surface area contributed by atoms with Gasteiger partial charge in [0, 0.05) is 38.6 Å². The minimum Gasteiger partial charge on any atom is -0.352 e. The Bertz CT molecular complexity index is 515. The molecule has 1 saturated carbocycles. The predicted octanol–water partition coefficient (Wildman–Crippen LogP) is 1.29. The van der Waals surface area contributed by atoms with Crippen LogP contribution in [0.2, 0.25) is 0 Å². The quantitative estimate of drug-likeness (QED) is 0.434. The van der Waals surface area contributed by atoms with Crippen molar-refractivity contribution in [3.05, 3.63) is 11.7 Å². The Morgan fingerprint density at radius 3 is 2.82 bits per heavy atom. The van der Waals surface area contributed by atoms with Crippen LogP contribution in [-0.4, -0.2) is 52.7 Å². The van der Waals surface area contributed by atoms with E-state index in [0.717, 1.165) is 18.5 Å². The van der Waals surface area contributed by atoms with Crippen LogP contribution in [0.5, 0.6) is 0 Å². The third-order valence-corrected chi connectivity index (χ3v) is 4.19. The second-order valence-corrected chi connectivity index (χ2v) is 6.01. The summed E-state index contributed by atoms with van der Waals surface area (Å²) in [6, 6.07) is 1.94. The van der Waals surface area contributed by atoms with Gasteiger partial charge in [-0.2, -0.15) is 4.98 Å². The number of nitrogens with one attached hydrogen (secondary N) is 2. The molecule has 2 unspecified atom stereocenters. The van der Waals surface area contributed by atoms with Crippen LogP contribution in [0.25, 0.3) is 0 Å². The number of guanidine groups is 1. The summed E-state index contributed by atoms with van der Waals surface area (Å²) in [7, 11) is 1.79. The summed E-state index contributed by atoms with van der Waals surface area (Å²) >= 11 is 0. The Balaban J connectivity index is 0.00000176. The van der Waals surface area contributed by atoms with Crippen LogP contribution in [0.3, 0.4) is 0 Å². The summed E-state index contributed by atoms with van der Waals surface area (Å²) in [6.45, 7) is 5.73. The number of rotatable bonds is 4. The highest BCUT2D eigenvalue weighted by Gasteiger charge is 2.38. The van der Waals surface area contributed by atoms with Crippen molar-refractivity contribution in [2.45, 2.75) is 57.8 Å². The largest absolute Gasteiger partial charge is 0.352 e. The standard InChI is InChI=1S/C14H24N6O.HI/c1-9-6-11(8-20(9)12-4-5-12)18-14(15-3)16-7-13-17-10(2)21-19-13;/h9,11-12H,4-8H2,1-3H3,(H2,15,16,18);1H.